The number of nitrogens with zero attached hydrogens (tertiary/aromatic N) is 3. The molecule has 3 aromatic rings. The molecule has 1 aromatic heterocycles. The number of carbonyl (C=O) groups excluding carboxylic acids is 1. The molecule has 1 fully saturated rings. The van der Waals surface area contributed by atoms with Crippen molar-refractivity contribution in [3.05, 3.63) is 71.0 Å². The quantitative estimate of drug-likeness (QED) is 0.486. The molecule has 0 bridgehead atoms. The third kappa shape index (κ3) is 4.17. The van der Waals surface area contributed by atoms with E-state index in [4.69, 9.17) is 0 Å². The summed E-state index contributed by atoms with van der Waals surface area (Å²) in [4.78, 5) is 29.7. The van der Waals surface area contributed by atoms with Crippen LogP contribution in [0, 0.1) is 10.1 Å². The van der Waals surface area contributed by atoms with Crippen molar-refractivity contribution in [3.63, 3.8) is 0 Å². The SMILES string of the molecule is O=C(NCC1CCCCN1c1ccc([N+](=O)[O-])c2cnccc12)Nc1ccccc1. The summed E-state index contributed by atoms with van der Waals surface area (Å²) in [6, 6.07) is 14.3. The number of carbonyl (C=O) groups is 1. The molecule has 0 aliphatic carbocycles. The lowest BCUT2D eigenvalue weighted by molar-refractivity contribution is -0.383. The van der Waals surface area contributed by atoms with Gasteiger partial charge in [-0.3, -0.25) is 15.1 Å². The molecule has 1 aliphatic heterocycles. The highest BCUT2D eigenvalue weighted by Gasteiger charge is 2.26. The molecule has 8 heteroatoms. The van der Waals surface area contributed by atoms with Crippen LogP contribution in [0.2, 0.25) is 0 Å². The van der Waals surface area contributed by atoms with Crippen LogP contribution >= 0.6 is 0 Å². The van der Waals surface area contributed by atoms with Crippen molar-refractivity contribution in [2.24, 2.45) is 0 Å². The first kappa shape index (κ1) is 19.6. The van der Waals surface area contributed by atoms with Gasteiger partial charge in [-0.05, 0) is 43.5 Å². The number of nitrogens with one attached hydrogen (secondary N) is 2. The number of urea groups is 1. The molecule has 4 rings (SSSR count). The molecule has 1 aliphatic rings. The van der Waals surface area contributed by atoms with Crippen LogP contribution in [0.1, 0.15) is 19.3 Å². The lowest BCUT2D eigenvalue weighted by Gasteiger charge is -2.38. The maximum atomic E-state index is 12.3. The highest BCUT2D eigenvalue weighted by Crippen LogP contribution is 2.35. The number of pyridine rings is 1. The number of para-hydroxylation sites is 1. The second-order valence-corrected chi connectivity index (χ2v) is 7.33. The molecule has 2 aromatic carbocycles. The largest absolute Gasteiger partial charge is 0.366 e. The third-order valence-electron chi connectivity index (χ3n) is 5.44. The summed E-state index contributed by atoms with van der Waals surface area (Å²) >= 11 is 0. The Kier molecular flexibility index (Phi) is 5.74. The van der Waals surface area contributed by atoms with E-state index in [2.05, 4.69) is 20.5 Å². The van der Waals surface area contributed by atoms with Gasteiger partial charge in [0.1, 0.15) is 0 Å². The Morgan fingerprint density at radius 1 is 1.13 bits per heavy atom. The second-order valence-electron chi connectivity index (χ2n) is 7.33. The van der Waals surface area contributed by atoms with E-state index in [1.807, 2.05) is 42.5 Å². The van der Waals surface area contributed by atoms with Gasteiger partial charge in [0.2, 0.25) is 0 Å². The third-order valence-corrected chi connectivity index (χ3v) is 5.44. The van der Waals surface area contributed by atoms with E-state index >= 15 is 0 Å². The average Bonchev–Trinajstić information content (AvgIpc) is 2.78. The Labute approximate surface area is 174 Å². The van der Waals surface area contributed by atoms with E-state index in [1.165, 1.54) is 0 Å². The Bertz CT molecular complexity index is 1060. The lowest BCUT2D eigenvalue weighted by atomic mass is 9.99. The second kappa shape index (κ2) is 8.77. The highest BCUT2D eigenvalue weighted by molar-refractivity contribution is 5.99. The Morgan fingerprint density at radius 3 is 2.77 bits per heavy atom. The maximum absolute atomic E-state index is 12.3. The molecular formula is C22H23N5O3. The number of hydrogen-bond donors (Lipinski definition) is 2. The Hall–Kier alpha value is -3.68. The number of piperidine rings is 1. The van der Waals surface area contributed by atoms with Crippen molar-refractivity contribution in [1.82, 2.24) is 10.3 Å². The molecule has 2 amide bonds. The van der Waals surface area contributed by atoms with Gasteiger partial charge in [-0.25, -0.2) is 4.79 Å². The number of rotatable bonds is 5. The number of nitro groups is 1. The molecule has 0 spiro atoms. The van der Waals surface area contributed by atoms with Crippen LogP contribution in [-0.2, 0) is 0 Å². The minimum absolute atomic E-state index is 0.0516. The predicted octanol–water partition coefficient (Wildman–Crippen LogP) is 4.32. The molecule has 0 radical (unpaired) electrons. The zero-order valence-electron chi connectivity index (χ0n) is 16.5. The van der Waals surface area contributed by atoms with Gasteiger partial charge in [0.25, 0.3) is 5.69 Å². The fraction of sp³-hybridized carbons (Fsp3) is 0.273. The van der Waals surface area contributed by atoms with Gasteiger partial charge >= 0.3 is 6.03 Å². The van der Waals surface area contributed by atoms with E-state index in [9.17, 15) is 14.9 Å². The van der Waals surface area contributed by atoms with Crippen molar-refractivity contribution in [3.8, 4) is 0 Å². The monoisotopic (exact) mass is 405 g/mol. The van der Waals surface area contributed by atoms with E-state index in [0.717, 1.165) is 42.6 Å². The number of amides is 2. The van der Waals surface area contributed by atoms with Crippen LogP contribution in [0.3, 0.4) is 0 Å². The van der Waals surface area contributed by atoms with Gasteiger partial charge in [-0.2, -0.15) is 0 Å². The molecule has 30 heavy (non-hydrogen) atoms. The Morgan fingerprint density at radius 2 is 1.97 bits per heavy atom. The fourth-order valence-corrected chi connectivity index (χ4v) is 4.01. The molecule has 2 heterocycles. The van der Waals surface area contributed by atoms with Crippen molar-refractivity contribution < 1.29 is 9.72 Å². The molecule has 154 valence electrons. The van der Waals surface area contributed by atoms with Crippen LogP contribution in [-0.4, -0.2) is 35.1 Å². The summed E-state index contributed by atoms with van der Waals surface area (Å²) in [6.45, 7) is 1.32. The van der Waals surface area contributed by atoms with Crippen LogP contribution in [0.25, 0.3) is 10.8 Å². The van der Waals surface area contributed by atoms with E-state index in [1.54, 1.807) is 18.5 Å². The smallest absolute Gasteiger partial charge is 0.319 e. The number of aromatic nitrogens is 1. The molecule has 1 saturated heterocycles. The van der Waals surface area contributed by atoms with Gasteiger partial charge in [-0.15, -0.1) is 0 Å². The van der Waals surface area contributed by atoms with Gasteiger partial charge < -0.3 is 15.5 Å². The summed E-state index contributed by atoms with van der Waals surface area (Å²) in [5, 5.41) is 18.5. The minimum Gasteiger partial charge on any atom is -0.366 e. The van der Waals surface area contributed by atoms with E-state index < -0.39 is 0 Å². The van der Waals surface area contributed by atoms with Crippen molar-refractivity contribution in [1.29, 1.82) is 0 Å². The van der Waals surface area contributed by atoms with Gasteiger partial charge in [0.05, 0.1) is 10.3 Å². The van der Waals surface area contributed by atoms with Crippen molar-refractivity contribution in [2.45, 2.75) is 25.3 Å². The lowest BCUT2D eigenvalue weighted by Crippen LogP contribution is -2.47. The first-order valence-electron chi connectivity index (χ1n) is 10.0. The van der Waals surface area contributed by atoms with E-state index in [-0.39, 0.29) is 22.7 Å². The first-order valence-corrected chi connectivity index (χ1v) is 10.0. The van der Waals surface area contributed by atoms with E-state index in [0.29, 0.717) is 11.9 Å². The summed E-state index contributed by atoms with van der Waals surface area (Å²) in [5.74, 6) is 0. The summed E-state index contributed by atoms with van der Waals surface area (Å²) in [7, 11) is 0. The minimum atomic E-state index is -0.378. The number of non-ortho nitro benzene ring substituents is 1. The zero-order valence-corrected chi connectivity index (χ0v) is 16.5. The van der Waals surface area contributed by atoms with Gasteiger partial charge in [-0.1, -0.05) is 18.2 Å². The van der Waals surface area contributed by atoms with Gasteiger partial charge in [0.15, 0.2) is 0 Å². The molecule has 1 unspecified atom stereocenters. The molecule has 2 N–H and O–H groups in total. The molecular weight excluding hydrogens is 382 g/mol. The maximum Gasteiger partial charge on any atom is 0.319 e. The highest BCUT2D eigenvalue weighted by atomic mass is 16.6. The number of nitro benzene ring substituents is 1. The summed E-state index contributed by atoms with van der Waals surface area (Å²) in [5.41, 5.74) is 1.73. The van der Waals surface area contributed by atoms with Crippen LogP contribution in [0.4, 0.5) is 21.9 Å². The van der Waals surface area contributed by atoms with Gasteiger partial charge in [0, 0.05) is 54.4 Å². The van der Waals surface area contributed by atoms with Crippen molar-refractivity contribution in [2.75, 3.05) is 23.3 Å². The van der Waals surface area contributed by atoms with Crippen LogP contribution in [0.5, 0.6) is 0 Å². The summed E-state index contributed by atoms with van der Waals surface area (Å²) < 4.78 is 0. The zero-order chi connectivity index (χ0) is 20.9. The normalized spacial score (nSPS) is 16.3. The van der Waals surface area contributed by atoms with Crippen LogP contribution < -0.4 is 15.5 Å². The molecule has 8 nitrogen and oxygen atoms in total. The summed E-state index contributed by atoms with van der Waals surface area (Å²) in [6.07, 6.45) is 6.25. The fourth-order valence-electron chi connectivity index (χ4n) is 4.01. The van der Waals surface area contributed by atoms with Crippen LogP contribution in [0.15, 0.2) is 60.9 Å². The number of hydrogen-bond acceptors (Lipinski definition) is 5. The molecule has 0 saturated carbocycles. The first-order chi connectivity index (χ1) is 14.6. The molecule has 1 atom stereocenters. The number of fused-ring (bicyclic) bond motifs is 1. The number of anilines is 2. The standard InChI is InChI=1S/C22H23N5O3/c28-22(25-16-6-2-1-3-7-16)24-14-17-8-4-5-13-26(17)20-9-10-21(27(29)30)19-15-23-12-11-18(19)20/h1-3,6-7,9-12,15,17H,4-5,8,13-14H2,(H2,24,25,28). The predicted molar refractivity (Wildman–Crippen MR) is 117 cm³/mol. The van der Waals surface area contributed by atoms with Crippen molar-refractivity contribution >= 4 is 33.9 Å². The number of benzene rings is 2. The Balaban J connectivity index is 1.53. The average molecular weight is 405 g/mol. The topological polar surface area (TPSA) is 100 Å².